The standard InChI is InChI=1S/C37H44N6O6/c1-25(2)34(43-37(47)49-24-31-22-39-26(3)20-40-31)35(45)42-32(18-28-13-8-5-9-14-28)33(44)19-30(17-27-11-6-4-7-12-27)41-36(46)48-23-29-15-10-16-38-21-29/h4-16,20-22,25,30,32-34,44H,17-19,23-24H2,1-3H3,(H,41,46)(H,42,45)(H,43,47)/t30-,32-,33-,34-/m0/s1. The highest BCUT2D eigenvalue weighted by Gasteiger charge is 2.31. The van der Waals surface area contributed by atoms with Crippen LogP contribution in [0, 0.1) is 12.8 Å². The van der Waals surface area contributed by atoms with Crippen LogP contribution in [0.25, 0.3) is 0 Å². The Morgan fingerprint density at radius 1 is 0.735 bits per heavy atom. The molecule has 0 fully saturated rings. The van der Waals surface area contributed by atoms with E-state index >= 15 is 0 Å². The molecule has 4 rings (SSSR count). The van der Waals surface area contributed by atoms with Crippen molar-refractivity contribution in [1.82, 2.24) is 30.9 Å². The lowest BCUT2D eigenvalue weighted by Crippen LogP contribution is -2.56. The predicted molar refractivity (Wildman–Crippen MR) is 183 cm³/mol. The van der Waals surface area contributed by atoms with Crippen molar-refractivity contribution in [3.05, 3.63) is 126 Å². The van der Waals surface area contributed by atoms with Crippen LogP contribution in [0.4, 0.5) is 9.59 Å². The molecule has 2 heterocycles. The van der Waals surface area contributed by atoms with E-state index in [-0.39, 0.29) is 25.6 Å². The summed E-state index contributed by atoms with van der Waals surface area (Å²) in [6.07, 6.45) is 4.66. The van der Waals surface area contributed by atoms with Crippen molar-refractivity contribution in [3.63, 3.8) is 0 Å². The Balaban J connectivity index is 1.45. The first-order valence-corrected chi connectivity index (χ1v) is 16.3. The predicted octanol–water partition coefficient (Wildman–Crippen LogP) is 4.45. The topological polar surface area (TPSA) is 165 Å². The first-order chi connectivity index (χ1) is 23.7. The van der Waals surface area contributed by atoms with Crippen molar-refractivity contribution in [1.29, 1.82) is 0 Å². The molecule has 12 heteroatoms. The zero-order chi connectivity index (χ0) is 35.0. The number of aliphatic hydroxyl groups excluding tert-OH is 1. The molecule has 0 aliphatic carbocycles. The number of benzene rings is 2. The van der Waals surface area contributed by atoms with Gasteiger partial charge in [-0.15, -0.1) is 0 Å². The van der Waals surface area contributed by atoms with E-state index < -0.39 is 42.3 Å². The highest BCUT2D eigenvalue weighted by atomic mass is 16.6. The van der Waals surface area contributed by atoms with Crippen LogP contribution in [0.5, 0.6) is 0 Å². The monoisotopic (exact) mass is 668 g/mol. The number of carbonyl (C=O) groups excluding carboxylic acids is 3. The van der Waals surface area contributed by atoms with Crippen molar-refractivity contribution in [2.75, 3.05) is 0 Å². The molecule has 0 aliphatic rings. The summed E-state index contributed by atoms with van der Waals surface area (Å²) in [4.78, 5) is 51.7. The van der Waals surface area contributed by atoms with E-state index in [0.29, 0.717) is 18.5 Å². The average Bonchev–Trinajstić information content (AvgIpc) is 3.10. The molecule has 0 saturated carbocycles. The van der Waals surface area contributed by atoms with Crippen LogP contribution in [0.1, 0.15) is 48.3 Å². The molecule has 3 amide bonds. The smallest absolute Gasteiger partial charge is 0.408 e. The first-order valence-electron chi connectivity index (χ1n) is 16.3. The SMILES string of the molecule is Cc1cnc(COC(=O)N[C@H](C(=O)N[C@@H](Cc2ccccc2)[C@@H](O)C[C@H](Cc2ccccc2)NC(=O)OCc2cccnc2)C(C)C)cn1. The molecule has 2 aromatic heterocycles. The van der Waals surface area contributed by atoms with Gasteiger partial charge >= 0.3 is 12.2 Å². The lowest BCUT2D eigenvalue weighted by molar-refractivity contribution is -0.125. The number of pyridine rings is 1. The molecule has 0 bridgehead atoms. The molecule has 2 aromatic carbocycles. The summed E-state index contributed by atoms with van der Waals surface area (Å²) in [5, 5.41) is 20.2. The second-order valence-electron chi connectivity index (χ2n) is 12.2. The van der Waals surface area contributed by atoms with Crippen molar-refractivity contribution in [3.8, 4) is 0 Å². The fraction of sp³-hybridized carbons (Fsp3) is 0.351. The quantitative estimate of drug-likeness (QED) is 0.135. The highest BCUT2D eigenvalue weighted by molar-refractivity contribution is 5.86. The van der Waals surface area contributed by atoms with Gasteiger partial charge in [-0.2, -0.15) is 0 Å². The fourth-order valence-electron chi connectivity index (χ4n) is 5.15. The number of nitrogens with zero attached hydrogens (tertiary/aromatic N) is 3. The summed E-state index contributed by atoms with van der Waals surface area (Å²) in [5.74, 6) is -0.783. The molecule has 258 valence electrons. The molecule has 0 spiro atoms. The van der Waals surface area contributed by atoms with Crippen LogP contribution in [-0.2, 0) is 40.3 Å². The van der Waals surface area contributed by atoms with Gasteiger partial charge in [0.2, 0.25) is 5.91 Å². The normalized spacial score (nSPS) is 13.4. The summed E-state index contributed by atoms with van der Waals surface area (Å²) in [5.41, 5.74) is 3.79. The van der Waals surface area contributed by atoms with E-state index in [9.17, 15) is 19.5 Å². The third-order valence-corrected chi connectivity index (χ3v) is 7.76. The Morgan fingerprint density at radius 3 is 1.98 bits per heavy atom. The van der Waals surface area contributed by atoms with Gasteiger partial charge in [0.15, 0.2) is 0 Å². The number of hydrogen-bond donors (Lipinski definition) is 4. The summed E-state index contributed by atoms with van der Waals surface area (Å²) in [7, 11) is 0. The first kappa shape index (κ1) is 36.5. The van der Waals surface area contributed by atoms with E-state index in [1.165, 1.54) is 6.20 Å². The third kappa shape index (κ3) is 12.6. The van der Waals surface area contributed by atoms with Crippen LogP contribution >= 0.6 is 0 Å². The summed E-state index contributed by atoms with van der Waals surface area (Å²) < 4.78 is 10.7. The van der Waals surface area contributed by atoms with E-state index in [2.05, 4.69) is 30.9 Å². The summed E-state index contributed by atoms with van der Waals surface area (Å²) >= 11 is 0. The summed E-state index contributed by atoms with van der Waals surface area (Å²) in [6, 6.07) is 20.4. The van der Waals surface area contributed by atoms with Gasteiger partial charge in [-0.05, 0) is 49.3 Å². The minimum Gasteiger partial charge on any atom is -0.445 e. The number of rotatable bonds is 16. The second-order valence-corrected chi connectivity index (χ2v) is 12.2. The zero-order valence-electron chi connectivity index (χ0n) is 28.0. The largest absolute Gasteiger partial charge is 0.445 e. The van der Waals surface area contributed by atoms with Crippen molar-refractivity contribution < 1.29 is 29.0 Å². The number of carbonyl (C=O) groups is 3. The van der Waals surface area contributed by atoms with Crippen LogP contribution in [0.2, 0.25) is 0 Å². The minimum absolute atomic E-state index is 0.0391. The van der Waals surface area contributed by atoms with Crippen LogP contribution in [0.3, 0.4) is 0 Å². The Labute approximate surface area is 286 Å². The van der Waals surface area contributed by atoms with Gasteiger partial charge < -0.3 is 30.5 Å². The maximum absolute atomic E-state index is 13.7. The molecule has 0 radical (unpaired) electrons. The minimum atomic E-state index is -1.09. The Kier molecular flexibility index (Phi) is 14.0. The maximum Gasteiger partial charge on any atom is 0.408 e. The van der Waals surface area contributed by atoms with Gasteiger partial charge in [-0.25, -0.2) is 9.59 Å². The maximum atomic E-state index is 13.7. The molecule has 0 saturated heterocycles. The highest BCUT2D eigenvalue weighted by Crippen LogP contribution is 2.16. The molecular weight excluding hydrogens is 624 g/mol. The molecule has 4 atom stereocenters. The Morgan fingerprint density at radius 2 is 1.37 bits per heavy atom. The van der Waals surface area contributed by atoms with Crippen molar-refractivity contribution >= 4 is 18.1 Å². The van der Waals surface area contributed by atoms with Crippen molar-refractivity contribution in [2.24, 2.45) is 5.92 Å². The van der Waals surface area contributed by atoms with Gasteiger partial charge in [-0.3, -0.25) is 19.7 Å². The number of ether oxygens (including phenoxy) is 2. The van der Waals surface area contributed by atoms with Gasteiger partial charge in [0.25, 0.3) is 0 Å². The van der Waals surface area contributed by atoms with Gasteiger partial charge in [0.05, 0.1) is 29.7 Å². The van der Waals surface area contributed by atoms with E-state index in [1.54, 1.807) is 51.5 Å². The Bertz CT molecular complexity index is 1590. The van der Waals surface area contributed by atoms with Gasteiger partial charge in [-0.1, -0.05) is 80.6 Å². The van der Waals surface area contributed by atoms with Crippen LogP contribution < -0.4 is 16.0 Å². The Hall–Kier alpha value is -5.36. The van der Waals surface area contributed by atoms with E-state index in [1.807, 2.05) is 60.7 Å². The molecule has 0 aliphatic heterocycles. The molecule has 4 N–H and O–H groups in total. The number of aliphatic hydroxyl groups is 1. The average molecular weight is 669 g/mol. The molecule has 49 heavy (non-hydrogen) atoms. The number of hydrogen-bond acceptors (Lipinski definition) is 9. The van der Waals surface area contributed by atoms with E-state index in [4.69, 9.17) is 9.47 Å². The molecular formula is C37H44N6O6. The number of amides is 3. The zero-order valence-corrected chi connectivity index (χ0v) is 28.0. The molecule has 12 nitrogen and oxygen atoms in total. The molecule has 0 unspecified atom stereocenters. The van der Waals surface area contributed by atoms with Crippen LogP contribution in [0.15, 0.2) is 97.6 Å². The molecule has 4 aromatic rings. The van der Waals surface area contributed by atoms with Crippen LogP contribution in [-0.4, -0.2) is 62.4 Å². The third-order valence-electron chi connectivity index (χ3n) is 7.76. The lowest BCUT2D eigenvalue weighted by atomic mass is 9.93. The van der Waals surface area contributed by atoms with Gasteiger partial charge in [0, 0.05) is 30.2 Å². The van der Waals surface area contributed by atoms with Crippen molar-refractivity contribution in [2.45, 2.75) is 77.5 Å². The number of alkyl carbamates (subject to hydrolysis) is 2. The number of aryl methyl sites for hydroxylation is 1. The fourth-order valence-corrected chi connectivity index (χ4v) is 5.15. The van der Waals surface area contributed by atoms with Gasteiger partial charge in [0.1, 0.15) is 19.3 Å². The number of nitrogens with one attached hydrogen (secondary N) is 3. The lowest BCUT2D eigenvalue weighted by Gasteiger charge is -2.30. The summed E-state index contributed by atoms with van der Waals surface area (Å²) in [6.45, 7) is 5.33. The second kappa shape index (κ2) is 18.8. The van der Waals surface area contributed by atoms with E-state index in [0.717, 1.165) is 22.4 Å². The number of aromatic nitrogens is 3.